The molecule has 0 spiro atoms. The average Bonchev–Trinajstić information content (AvgIpc) is 2.88. The molecule has 0 aliphatic carbocycles. The van der Waals surface area contributed by atoms with E-state index >= 15 is 0 Å². The normalized spacial score (nSPS) is 21.3. The number of rotatable bonds is 3. The van der Waals surface area contributed by atoms with Crippen LogP contribution in [0.15, 0.2) is 97.1 Å². The van der Waals surface area contributed by atoms with Crippen molar-refractivity contribution in [3.05, 3.63) is 119 Å². The van der Waals surface area contributed by atoms with Crippen LogP contribution in [0.1, 0.15) is 45.5 Å². The van der Waals surface area contributed by atoms with Gasteiger partial charge in [-0.05, 0) is 30.3 Å². The molecule has 3 aliphatic heterocycles. The van der Waals surface area contributed by atoms with Gasteiger partial charge in [0.05, 0.1) is 0 Å². The van der Waals surface area contributed by atoms with E-state index in [-0.39, 0.29) is 18.5 Å². The number of aldehydes is 1. The molecule has 3 atom stereocenters. The van der Waals surface area contributed by atoms with E-state index < -0.39 is 0 Å². The Kier molecular flexibility index (Phi) is 3.82. The second-order valence-electron chi connectivity index (χ2n) is 8.69. The molecule has 0 fully saturated rings. The minimum Gasteiger partial charge on any atom is -0.361 e. The minimum atomic E-state index is -0.142. The maximum atomic E-state index is 11.8. The van der Waals surface area contributed by atoms with Gasteiger partial charge in [0.15, 0.2) is 6.29 Å². The van der Waals surface area contributed by atoms with Gasteiger partial charge >= 0.3 is 0 Å². The molecular weight excluding hydrogens is 408 g/mol. The zero-order chi connectivity index (χ0) is 21.9. The van der Waals surface area contributed by atoms with E-state index in [0.29, 0.717) is 5.56 Å². The van der Waals surface area contributed by atoms with Crippen molar-refractivity contribution < 1.29 is 4.79 Å². The number of anilines is 4. The zero-order valence-electron chi connectivity index (χ0n) is 17.8. The number of hydrogen-bond donors (Lipinski definition) is 2. The summed E-state index contributed by atoms with van der Waals surface area (Å²) >= 11 is 0. The highest BCUT2D eigenvalue weighted by Crippen LogP contribution is 2.58. The zero-order valence-corrected chi connectivity index (χ0v) is 17.8. The average molecular weight is 431 g/mol. The van der Waals surface area contributed by atoms with Crippen LogP contribution in [-0.4, -0.2) is 6.29 Å². The fraction of sp³-hybridized carbons (Fsp3) is 0.107. The molecule has 4 aromatic carbocycles. The smallest absolute Gasteiger partial charge is 0.152 e. The van der Waals surface area contributed by atoms with Crippen LogP contribution in [0.5, 0.6) is 0 Å². The first-order valence-electron chi connectivity index (χ1n) is 11.3. The van der Waals surface area contributed by atoms with Crippen LogP contribution in [0, 0.1) is 0 Å². The highest BCUT2D eigenvalue weighted by Gasteiger charge is 2.50. The van der Waals surface area contributed by atoms with Crippen LogP contribution in [0.2, 0.25) is 0 Å². The highest BCUT2D eigenvalue weighted by atomic mass is 16.1. The first kappa shape index (κ1) is 18.3. The molecular formula is C28H22N4O. The van der Waals surface area contributed by atoms with Gasteiger partial charge in [0.25, 0.3) is 0 Å². The number of carbonyl (C=O) groups is 1. The molecule has 5 nitrogen and oxygen atoms in total. The monoisotopic (exact) mass is 430 g/mol. The van der Waals surface area contributed by atoms with Gasteiger partial charge in [-0.3, -0.25) is 4.79 Å². The largest absolute Gasteiger partial charge is 0.361 e. The van der Waals surface area contributed by atoms with Gasteiger partial charge in [0.2, 0.25) is 0 Å². The molecule has 33 heavy (non-hydrogen) atoms. The van der Waals surface area contributed by atoms with E-state index in [1.165, 1.54) is 28.1 Å². The Morgan fingerprint density at radius 1 is 0.697 bits per heavy atom. The van der Waals surface area contributed by atoms with E-state index in [1.54, 1.807) is 0 Å². The van der Waals surface area contributed by atoms with E-state index in [9.17, 15) is 4.79 Å². The van der Waals surface area contributed by atoms with Crippen LogP contribution < -0.4 is 20.4 Å². The van der Waals surface area contributed by atoms with Gasteiger partial charge in [-0.2, -0.15) is 0 Å². The third kappa shape index (κ3) is 2.50. The Hall–Kier alpha value is -4.25. The molecule has 0 amide bonds. The molecule has 7 rings (SSSR count). The third-order valence-electron chi connectivity index (χ3n) is 7.01. The summed E-state index contributed by atoms with van der Waals surface area (Å²) < 4.78 is 0. The van der Waals surface area contributed by atoms with Gasteiger partial charge in [-0.15, -0.1) is 0 Å². The SMILES string of the molecule is O=Cc1ccccc1NC1c2ccccc2N2C3Nc4ccccc4C2N1c1ccccc13. The van der Waals surface area contributed by atoms with Crippen molar-refractivity contribution in [2.75, 3.05) is 20.4 Å². The second-order valence-corrected chi connectivity index (χ2v) is 8.69. The first-order chi connectivity index (χ1) is 16.3. The third-order valence-corrected chi connectivity index (χ3v) is 7.01. The quantitative estimate of drug-likeness (QED) is 0.386. The van der Waals surface area contributed by atoms with Gasteiger partial charge in [-0.1, -0.05) is 66.7 Å². The molecule has 0 radical (unpaired) electrons. The van der Waals surface area contributed by atoms with Gasteiger partial charge in [0, 0.05) is 45.0 Å². The second kappa shape index (κ2) is 6.87. The summed E-state index contributed by atoms with van der Waals surface area (Å²) in [4.78, 5) is 16.8. The van der Waals surface area contributed by atoms with Gasteiger partial charge in [-0.25, -0.2) is 0 Å². The molecule has 2 N–H and O–H groups in total. The van der Waals surface area contributed by atoms with E-state index in [2.05, 4.69) is 93.2 Å². The Bertz CT molecular complexity index is 1400. The summed E-state index contributed by atoms with van der Waals surface area (Å²) in [6.07, 6.45) is 0.847. The van der Waals surface area contributed by atoms with Crippen LogP contribution in [-0.2, 0) is 0 Å². The lowest BCUT2D eigenvalue weighted by Gasteiger charge is -2.60. The molecule has 3 aliphatic rings. The van der Waals surface area contributed by atoms with E-state index in [4.69, 9.17) is 0 Å². The van der Waals surface area contributed by atoms with Gasteiger partial charge in [0.1, 0.15) is 18.5 Å². The van der Waals surface area contributed by atoms with E-state index in [1.807, 2.05) is 24.3 Å². The summed E-state index contributed by atoms with van der Waals surface area (Å²) in [6.45, 7) is 0. The lowest BCUT2D eigenvalue weighted by Crippen LogP contribution is -2.58. The molecule has 0 saturated carbocycles. The number of fused-ring (bicyclic) bond motifs is 5. The Morgan fingerprint density at radius 2 is 1.33 bits per heavy atom. The number of nitrogens with one attached hydrogen (secondary N) is 2. The number of carbonyl (C=O) groups excluding carboxylic acids is 1. The molecule has 0 aromatic heterocycles. The Labute approximate surface area is 192 Å². The molecule has 160 valence electrons. The summed E-state index contributed by atoms with van der Waals surface area (Å²) in [5.41, 5.74) is 8.72. The van der Waals surface area contributed by atoms with Crippen molar-refractivity contribution in [2.24, 2.45) is 0 Å². The summed E-state index contributed by atoms with van der Waals surface area (Å²) in [6, 6.07) is 33.5. The summed E-state index contributed by atoms with van der Waals surface area (Å²) in [7, 11) is 0. The standard InChI is InChI=1S/C28H22N4O/c33-17-18-9-1-5-13-22(18)29-26-20-11-3-7-15-24(20)32-27-21-12-4-8-16-25(21)31(26)28(32)19-10-2-6-14-23(19)30-27/h1-17,26-30H. The minimum absolute atomic E-state index is 0.0261. The fourth-order valence-corrected chi connectivity index (χ4v) is 5.64. The summed E-state index contributed by atoms with van der Waals surface area (Å²) in [5.74, 6) is 0. The molecule has 4 aromatic rings. The van der Waals surface area contributed by atoms with E-state index in [0.717, 1.165) is 17.7 Å². The topological polar surface area (TPSA) is 47.6 Å². The highest BCUT2D eigenvalue weighted by molar-refractivity contribution is 5.85. The molecule has 3 heterocycles. The maximum Gasteiger partial charge on any atom is 0.152 e. The predicted molar refractivity (Wildman–Crippen MR) is 132 cm³/mol. The Morgan fingerprint density at radius 3 is 2.15 bits per heavy atom. The lowest BCUT2D eigenvalue weighted by molar-refractivity contribution is 0.112. The maximum absolute atomic E-state index is 11.8. The van der Waals surface area contributed by atoms with Gasteiger partial charge < -0.3 is 20.4 Å². The van der Waals surface area contributed by atoms with Crippen molar-refractivity contribution in [3.8, 4) is 0 Å². The Balaban J connectivity index is 1.50. The number of benzene rings is 4. The number of hydrogen-bond acceptors (Lipinski definition) is 5. The van der Waals surface area contributed by atoms with Crippen LogP contribution in [0.4, 0.5) is 22.7 Å². The first-order valence-corrected chi connectivity index (χ1v) is 11.3. The lowest BCUT2D eigenvalue weighted by atomic mass is 9.88. The van der Waals surface area contributed by atoms with Crippen molar-refractivity contribution in [2.45, 2.75) is 18.5 Å². The van der Waals surface area contributed by atoms with Crippen LogP contribution in [0.25, 0.3) is 0 Å². The summed E-state index contributed by atoms with van der Waals surface area (Å²) in [5, 5.41) is 7.53. The predicted octanol–water partition coefficient (Wildman–Crippen LogP) is 6.07. The molecule has 0 saturated heterocycles. The van der Waals surface area contributed by atoms with Crippen LogP contribution >= 0.6 is 0 Å². The van der Waals surface area contributed by atoms with Crippen LogP contribution in [0.3, 0.4) is 0 Å². The molecule has 4 bridgehead atoms. The fourth-order valence-electron chi connectivity index (χ4n) is 5.64. The van der Waals surface area contributed by atoms with Crippen molar-refractivity contribution in [3.63, 3.8) is 0 Å². The van der Waals surface area contributed by atoms with Crippen molar-refractivity contribution in [1.82, 2.24) is 0 Å². The van der Waals surface area contributed by atoms with Crippen molar-refractivity contribution >= 4 is 29.0 Å². The number of nitrogens with zero attached hydrogens (tertiary/aromatic N) is 2. The molecule has 3 unspecified atom stereocenters. The number of para-hydroxylation sites is 4. The van der Waals surface area contributed by atoms with Crippen molar-refractivity contribution in [1.29, 1.82) is 0 Å². The molecule has 5 heteroatoms.